The monoisotopic (exact) mass is 344 g/mol. The Labute approximate surface area is 143 Å². The lowest BCUT2D eigenvalue weighted by Gasteiger charge is -2.34. The van der Waals surface area contributed by atoms with E-state index in [2.05, 4.69) is 12.2 Å². The first kappa shape index (κ1) is 19.4. The molecule has 130 valence electrons. The van der Waals surface area contributed by atoms with Gasteiger partial charge < -0.3 is 24.4 Å². The highest BCUT2D eigenvalue weighted by molar-refractivity contribution is 5.85. The summed E-state index contributed by atoms with van der Waals surface area (Å²) < 4.78 is 16.0. The topological polar surface area (TPSA) is 60.0 Å². The Morgan fingerprint density at radius 2 is 1.83 bits per heavy atom. The lowest BCUT2D eigenvalue weighted by Crippen LogP contribution is -2.52. The summed E-state index contributed by atoms with van der Waals surface area (Å²) in [6.07, 6.45) is 0.320. The highest BCUT2D eigenvalue weighted by atomic mass is 35.5. The van der Waals surface area contributed by atoms with Crippen LogP contribution in [-0.2, 0) is 11.2 Å². The fourth-order valence-electron chi connectivity index (χ4n) is 2.73. The molecule has 0 unspecified atom stereocenters. The largest absolute Gasteiger partial charge is 0.493 e. The van der Waals surface area contributed by atoms with Gasteiger partial charge in [0.25, 0.3) is 0 Å². The molecule has 1 amide bonds. The van der Waals surface area contributed by atoms with Gasteiger partial charge in [-0.3, -0.25) is 4.79 Å². The van der Waals surface area contributed by atoms with Crippen LogP contribution in [0.1, 0.15) is 12.5 Å². The molecule has 1 saturated heterocycles. The minimum atomic E-state index is 0. The summed E-state index contributed by atoms with van der Waals surface area (Å²) in [5, 5.41) is 3.28. The van der Waals surface area contributed by atoms with E-state index in [0.29, 0.717) is 23.7 Å². The zero-order valence-electron chi connectivity index (χ0n) is 14.0. The van der Waals surface area contributed by atoms with Crippen molar-refractivity contribution in [2.24, 2.45) is 0 Å². The Bertz CT molecular complexity index is 514. The third-order valence-electron chi connectivity index (χ3n) is 3.90. The Morgan fingerprint density at radius 3 is 2.30 bits per heavy atom. The Kier molecular flexibility index (Phi) is 7.45. The van der Waals surface area contributed by atoms with Crippen LogP contribution < -0.4 is 19.5 Å². The smallest absolute Gasteiger partial charge is 0.227 e. The maximum absolute atomic E-state index is 12.5. The van der Waals surface area contributed by atoms with Crippen molar-refractivity contribution in [3.05, 3.63) is 17.7 Å². The van der Waals surface area contributed by atoms with Crippen LogP contribution in [0.3, 0.4) is 0 Å². The number of carbonyl (C=O) groups is 1. The molecule has 1 aliphatic rings. The van der Waals surface area contributed by atoms with Crippen LogP contribution >= 0.6 is 12.4 Å². The van der Waals surface area contributed by atoms with Crippen molar-refractivity contribution in [2.75, 3.05) is 41.0 Å². The number of hydrogen-bond acceptors (Lipinski definition) is 5. The predicted octanol–water partition coefficient (Wildman–Crippen LogP) is 1.50. The fraction of sp³-hybridized carbons (Fsp3) is 0.562. The maximum Gasteiger partial charge on any atom is 0.227 e. The first-order valence-electron chi connectivity index (χ1n) is 7.39. The zero-order chi connectivity index (χ0) is 16.1. The number of methoxy groups -OCH3 is 3. The number of piperazine rings is 1. The molecular formula is C16H25ClN2O4. The molecule has 0 radical (unpaired) electrons. The highest BCUT2D eigenvalue weighted by Gasteiger charge is 2.24. The molecule has 0 saturated carbocycles. The number of rotatable bonds is 5. The van der Waals surface area contributed by atoms with Crippen LogP contribution in [0.4, 0.5) is 0 Å². The van der Waals surface area contributed by atoms with E-state index in [9.17, 15) is 4.79 Å². The van der Waals surface area contributed by atoms with Crippen molar-refractivity contribution in [1.29, 1.82) is 0 Å². The van der Waals surface area contributed by atoms with Gasteiger partial charge in [0, 0.05) is 25.7 Å². The third kappa shape index (κ3) is 4.42. The Balaban J connectivity index is 0.00000264. The molecule has 1 fully saturated rings. The second-order valence-corrected chi connectivity index (χ2v) is 5.35. The second-order valence-electron chi connectivity index (χ2n) is 5.35. The molecule has 0 aromatic heterocycles. The van der Waals surface area contributed by atoms with Crippen LogP contribution in [0.5, 0.6) is 17.2 Å². The molecule has 0 aliphatic carbocycles. The summed E-state index contributed by atoms with van der Waals surface area (Å²) in [7, 11) is 4.70. The average Bonchev–Trinajstić information content (AvgIpc) is 2.54. The Morgan fingerprint density at radius 1 is 1.22 bits per heavy atom. The summed E-state index contributed by atoms with van der Waals surface area (Å²) in [6.45, 7) is 4.47. The first-order chi connectivity index (χ1) is 10.6. The third-order valence-corrected chi connectivity index (χ3v) is 3.90. The van der Waals surface area contributed by atoms with Gasteiger partial charge in [-0.25, -0.2) is 0 Å². The molecule has 1 atom stereocenters. The normalized spacial score (nSPS) is 17.2. The van der Waals surface area contributed by atoms with E-state index in [1.165, 1.54) is 0 Å². The molecule has 23 heavy (non-hydrogen) atoms. The molecule has 1 aromatic carbocycles. The van der Waals surface area contributed by atoms with Crippen molar-refractivity contribution in [3.63, 3.8) is 0 Å². The molecule has 6 nitrogen and oxygen atoms in total. The van der Waals surface area contributed by atoms with Gasteiger partial charge in [-0.15, -0.1) is 12.4 Å². The van der Waals surface area contributed by atoms with Gasteiger partial charge in [-0.05, 0) is 24.6 Å². The van der Waals surface area contributed by atoms with Gasteiger partial charge in [0.05, 0.1) is 27.8 Å². The predicted molar refractivity (Wildman–Crippen MR) is 91.1 cm³/mol. The van der Waals surface area contributed by atoms with Gasteiger partial charge in [-0.1, -0.05) is 0 Å². The van der Waals surface area contributed by atoms with Crippen LogP contribution in [0.15, 0.2) is 12.1 Å². The number of hydrogen-bond donors (Lipinski definition) is 1. The van der Waals surface area contributed by atoms with E-state index in [1.807, 2.05) is 17.0 Å². The maximum atomic E-state index is 12.5. The van der Waals surface area contributed by atoms with Gasteiger partial charge >= 0.3 is 0 Å². The number of nitrogens with one attached hydrogen (secondary N) is 1. The summed E-state index contributed by atoms with van der Waals surface area (Å²) in [4.78, 5) is 14.4. The van der Waals surface area contributed by atoms with E-state index in [4.69, 9.17) is 14.2 Å². The van der Waals surface area contributed by atoms with Gasteiger partial charge in [-0.2, -0.15) is 0 Å². The summed E-state index contributed by atoms with van der Waals surface area (Å²) >= 11 is 0. The number of carbonyl (C=O) groups excluding carboxylic acids is 1. The number of amides is 1. The molecule has 1 aromatic rings. The van der Waals surface area contributed by atoms with Crippen LogP contribution in [0, 0.1) is 0 Å². The quantitative estimate of drug-likeness (QED) is 0.877. The molecule has 0 spiro atoms. The molecule has 1 N–H and O–H groups in total. The van der Waals surface area contributed by atoms with E-state index >= 15 is 0 Å². The van der Waals surface area contributed by atoms with Crippen molar-refractivity contribution < 1.29 is 19.0 Å². The molecular weight excluding hydrogens is 320 g/mol. The lowest BCUT2D eigenvalue weighted by atomic mass is 10.1. The van der Waals surface area contributed by atoms with E-state index < -0.39 is 0 Å². The molecule has 7 heteroatoms. The minimum Gasteiger partial charge on any atom is -0.493 e. The number of halogens is 1. The zero-order valence-corrected chi connectivity index (χ0v) is 14.9. The van der Waals surface area contributed by atoms with Crippen molar-refractivity contribution in [1.82, 2.24) is 10.2 Å². The van der Waals surface area contributed by atoms with E-state index in [-0.39, 0.29) is 24.4 Å². The first-order valence-corrected chi connectivity index (χ1v) is 7.39. The van der Waals surface area contributed by atoms with Crippen LogP contribution in [-0.4, -0.2) is 57.8 Å². The molecule has 0 bridgehead atoms. The average molecular weight is 345 g/mol. The van der Waals surface area contributed by atoms with Crippen molar-refractivity contribution >= 4 is 18.3 Å². The van der Waals surface area contributed by atoms with Gasteiger partial charge in [0.1, 0.15) is 0 Å². The molecule has 1 aliphatic heterocycles. The lowest BCUT2D eigenvalue weighted by molar-refractivity contribution is -0.133. The van der Waals surface area contributed by atoms with Crippen LogP contribution in [0.2, 0.25) is 0 Å². The Hall–Kier alpha value is -1.66. The molecule has 2 rings (SSSR count). The number of benzene rings is 1. The summed E-state index contributed by atoms with van der Waals surface area (Å²) in [6, 6.07) is 3.86. The summed E-state index contributed by atoms with van der Waals surface area (Å²) in [5.41, 5.74) is 0.852. The van der Waals surface area contributed by atoms with Gasteiger partial charge in [0.15, 0.2) is 11.5 Å². The SMILES string of the molecule is COc1cc(CC(=O)N2CCNC[C@@H]2C)cc(OC)c1OC.Cl. The number of nitrogens with zero attached hydrogens (tertiary/aromatic N) is 1. The second kappa shape index (κ2) is 8.84. The van der Waals surface area contributed by atoms with E-state index in [0.717, 1.165) is 25.2 Å². The summed E-state index contributed by atoms with van der Waals surface area (Å²) in [5.74, 6) is 1.79. The van der Waals surface area contributed by atoms with Crippen molar-refractivity contribution in [2.45, 2.75) is 19.4 Å². The molecule has 1 heterocycles. The number of ether oxygens (including phenoxy) is 3. The van der Waals surface area contributed by atoms with Gasteiger partial charge in [0.2, 0.25) is 11.7 Å². The van der Waals surface area contributed by atoms with Crippen LogP contribution in [0.25, 0.3) is 0 Å². The standard InChI is InChI=1S/C16H24N2O4.ClH/c1-11-10-17-5-6-18(11)15(19)9-12-7-13(20-2)16(22-4)14(8-12)21-3;/h7-8,11,17H,5-6,9-10H2,1-4H3;1H/t11-;/m0./s1. The van der Waals surface area contributed by atoms with Crippen molar-refractivity contribution in [3.8, 4) is 17.2 Å². The van der Waals surface area contributed by atoms with E-state index in [1.54, 1.807) is 21.3 Å². The fourth-order valence-corrected chi connectivity index (χ4v) is 2.73. The minimum absolute atomic E-state index is 0. The highest BCUT2D eigenvalue weighted by Crippen LogP contribution is 2.38.